The van der Waals surface area contributed by atoms with Crippen LogP contribution in [0.2, 0.25) is 0 Å². The second-order valence-electron chi connectivity index (χ2n) is 6.94. The third kappa shape index (κ3) is 5.53. The zero-order chi connectivity index (χ0) is 23.1. The molecule has 0 saturated carbocycles. The predicted octanol–water partition coefficient (Wildman–Crippen LogP) is 4.12. The van der Waals surface area contributed by atoms with E-state index in [1.54, 1.807) is 66.7 Å². The van der Waals surface area contributed by atoms with Crippen LogP contribution in [0, 0.1) is 0 Å². The van der Waals surface area contributed by atoms with Crippen molar-refractivity contribution in [3.8, 4) is 5.75 Å². The van der Waals surface area contributed by atoms with E-state index in [9.17, 15) is 18.0 Å². The van der Waals surface area contributed by atoms with Crippen molar-refractivity contribution in [1.29, 1.82) is 0 Å². The maximum Gasteiger partial charge on any atom is 0.264 e. The molecule has 0 saturated heterocycles. The van der Waals surface area contributed by atoms with Gasteiger partial charge < -0.3 is 10.1 Å². The Kier molecular flexibility index (Phi) is 7.27. The minimum absolute atomic E-state index is 0.0381. The smallest absolute Gasteiger partial charge is 0.264 e. The molecule has 0 spiro atoms. The number of ketones is 1. The van der Waals surface area contributed by atoms with Crippen LogP contribution < -0.4 is 14.4 Å². The van der Waals surface area contributed by atoms with E-state index in [2.05, 4.69) is 5.32 Å². The van der Waals surface area contributed by atoms with Crippen LogP contribution in [-0.2, 0) is 14.8 Å². The average Bonchev–Trinajstić information content (AvgIpc) is 2.79. The van der Waals surface area contributed by atoms with Crippen LogP contribution in [0.1, 0.15) is 24.2 Å². The highest BCUT2D eigenvalue weighted by Crippen LogP contribution is 2.25. The number of nitrogens with zero attached hydrogens (tertiary/aromatic N) is 1. The Balaban J connectivity index is 1.88. The Bertz CT molecular complexity index is 1190. The molecule has 3 aromatic rings. The van der Waals surface area contributed by atoms with Gasteiger partial charge >= 0.3 is 0 Å². The highest BCUT2D eigenvalue weighted by atomic mass is 32.2. The normalized spacial score (nSPS) is 10.9. The first-order chi connectivity index (χ1) is 15.3. The molecule has 0 atom stereocenters. The molecule has 0 heterocycles. The maximum atomic E-state index is 13.4. The van der Waals surface area contributed by atoms with E-state index in [1.165, 1.54) is 19.1 Å². The van der Waals surface area contributed by atoms with Gasteiger partial charge in [-0.05, 0) is 62.4 Å². The Morgan fingerprint density at radius 3 is 2.25 bits per heavy atom. The molecule has 0 aliphatic rings. The Morgan fingerprint density at radius 2 is 1.62 bits per heavy atom. The van der Waals surface area contributed by atoms with E-state index in [0.717, 1.165) is 4.31 Å². The Labute approximate surface area is 187 Å². The number of rotatable bonds is 9. The molecule has 0 aliphatic heterocycles. The van der Waals surface area contributed by atoms with Gasteiger partial charge in [-0.1, -0.05) is 30.3 Å². The van der Waals surface area contributed by atoms with Crippen molar-refractivity contribution in [2.24, 2.45) is 0 Å². The van der Waals surface area contributed by atoms with E-state index < -0.39 is 22.5 Å². The molecule has 3 rings (SSSR count). The number of benzene rings is 3. The molecule has 0 bridgehead atoms. The molecule has 0 aliphatic carbocycles. The SMILES string of the molecule is CCOc1ccc(S(=O)(=O)N(CC(=O)Nc2cccc(C(C)=O)c2)c2ccccc2)cc1. The summed E-state index contributed by atoms with van der Waals surface area (Å²) in [6, 6.07) is 20.9. The molecule has 1 N–H and O–H groups in total. The molecule has 7 nitrogen and oxygen atoms in total. The second kappa shape index (κ2) is 10.1. The molecule has 3 aromatic carbocycles. The van der Waals surface area contributed by atoms with Gasteiger partial charge in [0.25, 0.3) is 10.0 Å². The van der Waals surface area contributed by atoms with Gasteiger partial charge in [-0.25, -0.2) is 8.42 Å². The lowest BCUT2D eigenvalue weighted by molar-refractivity contribution is -0.114. The molecular formula is C24H24N2O5S. The number of ether oxygens (including phenoxy) is 1. The summed E-state index contributed by atoms with van der Waals surface area (Å²) >= 11 is 0. The van der Waals surface area contributed by atoms with Crippen LogP contribution in [0.4, 0.5) is 11.4 Å². The maximum absolute atomic E-state index is 13.4. The first kappa shape index (κ1) is 23.0. The summed E-state index contributed by atoms with van der Waals surface area (Å²) in [5.41, 5.74) is 1.22. The summed E-state index contributed by atoms with van der Waals surface area (Å²) < 4.78 is 33.2. The van der Waals surface area contributed by atoms with Crippen molar-refractivity contribution >= 4 is 33.1 Å². The third-order valence-electron chi connectivity index (χ3n) is 4.61. The number of carbonyl (C=O) groups is 2. The van der Waals surface area contributed by atoms with Gasteiger partial charge in [0.15, 0.2) is 5.78 Å². The summed E-state index contributed by atoms with van der Waals surface area (Å²) in [5, 5.41) is 2.67. The van der Waals surface area contributed by atoms with Gasteiger partial charge in [0.05, 0.1) is 17.2 Å². The van der Waals surface area contributed by atoms with Gasteiger partial charge in [-0.3, -0.25) is 13.9 Å². The van der Waals surface area contributed by atoms with Crippen LogP contribution in [0.25, 0.3) is 0 Å². The zero-order valence-electron chi connectivity index (χ0n) is 17.8. The molecule has 0 fully saturated rings. The van der Waals surface area contributed by atoms with Crippen LogP contribution >= 0.6 is 0 Å². The van der Waals surface area contributed by atoms with Crippen molar-refractivity contribution in [3.05, 3.63) is 84.4 Å². The Morgan fingerprint density at radius 1 is 0.938 bits per heavy atom. The number of nitrogens with one attached hydrogen (secondary N) is 1. The average molecular weight is 453 g/mol. The molecule has 166 valence electrons. The van der Waals surface area contributed by atoms with Crippen LogP contribution in [0.3, 0.4) is 0 Å². The minimum Gasteiger partial charge on any atom is -0.494 e. The monoisotopic (exact) mass is 452 g/mol. The van der Waals surface area contributed by atoms with Crippen molar-refractivity contribution in [2.45, 2.75) is 18.7 Å². The zero-order valence-corrected chi connectivity index (χ0v) is 18.6. The first-order valence-corrected chi connectivity index (χ1v) is 11.5. The summed E-state index contributed by atoms with van der Waals surface area (Å²) in [6.07, 6.45) is 0. The van der Waals surface area contributed by atoms with Gasteiger partial charge in [-0.2, -0.15) is 0 Å². The lowest BCUT2D eigenvalue weighted by Gasteiger charge is -2.24. The van der Waals surface area contributed by atoms with E-state index in [-0.39, 0.29) is 10.7 Å². The summed E-state index contributed by atoms with van der Waals surface area (Å²) in [4.78, 5) is 24.4. The van der Waals surface area contributed by atoms with Crippen molar-refractivity contribution in [2.75, 3.05) is 22.8 Å². The standard InChI is InChI=1S/C24H24N2O5S/c1-3-31-22-12-14-23(15-13-22)32(29,30)26(21-10-5-4-6-11-21)17-24(28)25-20-9-7-8-19(16-20)18(2)27/h4-16H,3,17H2,1-2H3,(H,25,28). The van der Waals surface area contributed by atoms with E-state index in [4.69, 9.17) is 4.74 Å². The minimum atomic E-state index is -4.03. The van der Waals surface area contributed by atoms with Crippen molar-refractivity contribution in [1.82, 2.24) is 0 Å². The predicted molar refractivity (Wildman–Crippen MR) is 124 cm³/mol. The van der Waals surface area contributed by atoms with Crippen LogP contribution in [-0.4, -0.2) is 33.3 Å². The topological polar surface area (TPSA) is 92.8 Å². The number of anilines is 2. The molecule has 8 heteroatoms. The first-order valence-electron chi connectivity index (χ1n) is 10.0. The molecule has 0 radical (unpaired) electrons. The number of carbonyl (C=O) groups excluding carboxylic acids is 2. The molecular weight excluding hydrogens is 428 g/mol. The summed E-state index contributed by atoms with van der Waals surface area (Å²) in [7, 11) is -4.03. The Hall–Kier alpha value is -3.65. The number of sulfonamides is 1. The third-order valence-corrected chi connectivity index (χ3v) is 6.40. The molecule has 0 unspecified atom stereocenters. The van der Waals surface area contributed by atoms with Gasteiger partial charge in [0.2, 0.25) is 5.91 Å². The lowest BCUT2D eigenvalue weighted by Crippen LogP contribution is -2.38. The van der Waals surface area contributed by atoms with E-state index in [1.807, 2.05) is 6.92 Å². The number of para-hydroxylation sites is 1. The number of hydrogen-bond donors (Lipinski definition) is 1. The van der Waals surface area contributed by atoms with Crippen molar-refractivity contribution < 1.29 is 22.7 Å². The fraction of sp³-hybridized carbons (Fsp3) is 0.167. The number of amides is 1. The largest absolute Gasteiger partial charge is 0.494 e. The highest BCUT2D eigenvalue weighted by Gasteiger charge is 2.27. The number of hydrogen-bond acceptors (Lipinski definition) is 5. The lowest BCUT2D eigenvalue weighted by atomic mass is 10.1. The molecule has 32 heavy (non-hydrogen) atoms. The van der Waals surface area contributed by atoms with Gasteiger partial charge in [-0.15, -0.1) is 0 Å². The fourth-order valence-corrected chi connectivity index (χ4v) is 4.48. The van der Waals surface area contributed by atoms with E-state index >= 15 is 0 Å². The molecule has 1 amide bonds. The van der Waals surface area contributed by atoms with Gasteiger partial charge in [0, 0.05) is 11.3 Å². The van der Waals surface area contributed by atoms with Crippen molar-refractivity contribution in [3.63, 3.8) is 0 Å². The highest BCUT2D eigenvalue weighted by molar-refractivity contribution is 7.92. The quantitative estimate of drug-likeness (QED) is 0.493. The van der Waals surface area contributed by atoms with Crippen LogP contribution in [0.15, 0.2) is 83.8 Å². The fourth-order valence-electron chi connectivity index (χ4n) is 3.06. The van der Waals surface area contributed by atoms with Crippen LogP contribution in [0.5, 0.6) is 5.75 Å². The van der Waals surface area contributed by atoms with Gasteiger partial charge in [0.1, 0.15) is 12.3 Å². The van der Waals surface area contributed by atoms with E-state index in [0.29, 0.717) is 29.3 Å². The number of Topliss-reactive ketones (excluding diaryl/α,β-unsaturated/α-hetero) is 1. The molecule has 0 aromatic heterocycles. The summed E-state index contributed by atoms with van der Waals surface area (Å²) in [5.74, 6) is -0.116. The summed E-state index contributed by atoms with van der Waals surface area (Å²) in [6.45, 7) is 3.30. The second-order valence-corrected chi connectivity index (χ2v) is 8.80.